The molecule has 16 heavy (non-hydrogen) atoms. The highest BCUT2D eigenvalue weighted by Crippen LogP contribution is 2.48. The Morgan fingerprint density at radius 1 is 1.44 bits per heavy atom. The molecule has 1 heterocycles. The van der Waals surface area contributed by atoms with Crippen LogP contribution < -0.4 is 5.73 Å². The lowest BCUT2D eigenvalue weighted by atomic mass is 9.60. The van der Waals surface area contributed by atoms with Gasteiger partial charge < -0.3 is 15.5 Å². The molecule has 1 saturated heterocycles. The second-order valence-electron chi connectivity index (χ2n) is 6.14. The monoisotopic (exact) mass is 225 g/mol. The summed E-state index contributed by atoms with van der Waals surface area (Å²) in [5.41, 5.74) is 6.50. The Morgan fingerprint density at radius 2 is 2.12 bits per heavy atom. The summed E-state index contributed by atoms with van der Waals surface area (Å²) >= 11 is 0. The molecule has 3 nitrogen and oxygen atoms in total. The van der Waals surface area contributed by atoms with E-state index < -0.39 is 0 Å². The average molecular weight is 225 g/mol. The van der Waals surface area contributed by atoms with Crippen LogP contribution in [-0.4, -0.2) is 56.6 Å². The molecule has 1 aliphatic carbocycles. The van der Waals surface area contributed by atoms with Gasteiger partial charge in [-0.25, -0.2) is 0 Å². The third-order valence-corrected chi connectivity index (χ3v) is 4.81. The Morgan fingerprint density at radius 3 is 2.44 bits per heavy atom. The summed E-state index contributed by atoms with van der Waals surface area (Å²) in [5.74, 6) is 0.823. The Labute approximate surface area is 100.0 Å². The zero-order valence-corrected chi connectivity index (χ0v) is 11.1. The van der Waals surface area contributed by atoms with Crippen molar-refractivity contribution in [2.24, 2.45) is 17.1 Å². The summed E-state index contributed by atoms with van der Waals surface area (Å²) in [4.78, 5) is 4.90. The smallest absolute Gasteiger partial charge is 0.0199 e. The highest BCUT2D eigenvalue weighted by molar-refractivity contribution is 5.02. The molecule has 0 aromatic heterocycles. The third-order valence-electron chi connectivity index (χ3n) is 4.81. The first-order chi connectivity index (χ1) is 7.59. The average Bonchev–Trinajstić information content (AvgIpc) is 2.57. The molecular weight excluding hydrogens is 198 g/mol. The number of likely N-dealkylation sites (tertiary alicyclic amines) is 1. The maximum atomic E-state index is 6.07. The first-order valence-corrected chi connectivity index (χ1v) is 6.64. The van der Waals surface area contributed by atoms with Crippen LogP contribution in [0.2, 0.25) is 0 Å². The lowest BCUT2D eigenvalue weighted by molar-refractivity contribution is -0.00267. The predicted molar refractivity (Wildman–Crippen MR) is 68.4 cm³/mol. The maximum absolute atomic E-state index is 6.07. The van der Waals surface area contributed by atoms with Crippen molar-refractivity contribution in [1.82, 2.24) is 9.80 Å². The van der Waals surface area contributed by atoms with Crippen molar-refractivity contribution in [3.05, 3.63) is 0 Å². The fourth-order valence-electron chi connectivity index (χ4n) is 3.95. The van der Waals surface area contributed by atoms with E-state index in [0.29, 0.717) is 11.5 Å². The summed E-state index contributed by atoms with van der Waals surface area (Å²) in [6, 6.07) is 0.691. The van der Waals surface area contributed by atoms with Gasteiger partial charge in [-0.1, -0.05) is 6.42 Å². The number of hydrogen-bond donors (Lipinski definition) is 1. The van der Waals surface area contributed by atoms with Crippen LogP contribution in [0.25, 0.3) is 0 Å². The van der Waals surface area contributed by atoms with Gasteiger partial charge in [0.25, 0.3) is 0 Å². The molecule has 2 rings (SSSR count). The lowest BCUT2D eigenvalue weighted by Gasteiger charge is -2.52. The van der Waals surface area contributed by atoms with Crippen LogP contribution in [0.4, 0.5) is 0 Å². The number of rotatable bonds is 4. The molecule has 94 valence electrons. The van der Waals surface area contributed by atoms with Crippen LogP contribution in [0, 0.1) is 11.3 Å². The quantitative estimate of drug-likeness (QED) is 0.775. The van der Waals surface area contributed by atoms with E-state index in [4.69, 9.17) is 5.73 Å². The first-order valence-electron chi connectivity index (χ1n) is 6.64. The number of hydrogen-bond acceptors (Lipinski definition) is 3. The minimum absolute atomic E-state index is 0.430. The number of nitrogens with two attached hydrogens (primary N) is 1. The lowest BCUT2D eigenvalue weighted by Crippen LogP contribution is -2.56. The van der Waals surface area contributed by atoms with Crippen LogP contribution in [-0.2, 0) is 0 Å². The summed E-state index contributed by atoms with van der Waals surface area (Å²) < 4.78 is 0. The van der Waals surface area contributed by atoms with Crippen molar-refractivity contribution < 1.29 is 0 Å². The summed E-state index contributed by atoms with van der Waals surface area (Å²) in [7, 11) is 6.71. The van der Waals surface area contributed by atoms with E-state index in [1.807, 2.05) is 0 Å². The zero-order valence-electron chi connectivity index (χ0n) is 11.1. The Kier molecular flexibility index (Phi) is 3.57. The van der Waals surface area contributed by atoms with Crippen LogP contribution in [0.3, 0.4) is 0 Å². The topological polar surface area (TPSA) is 32.5 Å². The summed E-state index contributed by atoms with van der Waals surface area (Å²) in [6.45, 7) is 3.39. The molecule has 0 aromatic carbocycles. The molecule has 0 aromatic rings. The molecule has 2 aliphatic rings. The summed E-state index contributed by atoms with van der Waals surface area (Å²) in [5, 5.41) is 0. The van der Waals surface area contributed by atoms with E-state index >= 15 is 0 Å². The van der Waals surface area contributed by atoms with E-state index in [2.05, 4.69) is 30.9 Å². The molecule has 2 unspecified atom stereocenters. The van der Waals surface area contributed by atoms with Gasteiger partial charge in [-0.2, -0.15) is 0 Å². The predicted octanol–water partition coefficient (Wildman–Crippen LogP) is 0.997. The molecular formula is C13H27N3. The SMILES string of the molecule is CN1CCC(C(N(C)C)C2(CN)CCC2)C1. The molecule has 1 saturated carbocycles. The zero-order chi connectivity index (χ0) is 11.8. The minimum Gasteiger partial charge on any atom is -0.330 e. The van der Waals surface area contributed by atoms with Crippen molar-refractivity contribution >= 4 is 0 Å². The van der Waals surface area contributed by atoms with Gasteiger partial charge in [0.05, 0.1) is 0 Å². The van der Waals surface area contributed by atoms with Gasteiger partial charge in [-0.15, -0.1) is 0 Å². The van der Waals surface area contributed by atoms with Gasteiger partial charge in [0, 0.05) is 12.6 Å². The molecule has 0 amide bonds. The second-order valence-corrected chi connectivity index (χ2v) is 6.14. The molecule has 3 heteroatoms. The largest absolute Gasteiger partial charge is 0.330 e. The fraction of sp³-hybridized carbons (Fsp3) is 1.00. The van der Waals surface area contributed by atoms with Crippen LogP contribution in [0.15, 0.2) is 0 Å². The molecule has 0 bridgehead atoms. The van der Waals surface area contributed by atoms with Crippen molar-refractivity contribution in [3.8, 4) is 0 Å². The van der Waals surface area contributed by atoms with Gasteiger partial charge in [-0.05, 0) is 64.8 Å². The highest BCUT2D eigenvalue weighted by Gasteiger charge is 2.48. The Hall–Kier alpha value is -0.120. The molecule has 1 aliphatic heterocycles. The van der Waals surface area contributed by atoms with Gasteiger partial charge in [0.1, 0.15) is 0 Å². The molecule has 2 N–H and O–H groups in total. The van der Waals surface area contributed by atoms with E-state index in [0.717, 1.165) is 12.5 Å². The third kappa shape index (κ3) is 2.01. The summed E-state index contributed by atoms with van der Waals surface area (Å²) in [6.07, 6.45) is 5.41. The van der Waals surface area contributed by atoms with Crippen LogP contribution >= 0.6 is 0 Å². The van der Waals surface area contributed by atoms with E-state index in [9.17, 15) is 0 Å². The van der Waals surface area contributed by atoms with E-state index in [-0.39, 0.29) is 0 Å². The van der Waals surface area contributed by atoms with Crippen LogP contribution in [0.1, 0.15) is 25.7 Å². The Balaban J connectivity index is 2.10. The first kappa shape index (κ1) is 12.3. The molecule has 0 spiro atoms. The van der Waals surface area contributed by atoms with Gasteiger partial charge in [-0.3, -0.25) is 0 Å². The Bertz CT molecular complexity index is 230. The van der Waals surface area contributed by atoms with Crippen molar-refractivity contribution in [2.45, 2.75) is 31.7 Å². The van der Waals surface area contributed by atoms with Gasteiger partial charge in [0.15, 0.2) is 0 Å². The second kappa shape index (κ2) is 4.63. The van der Waals surface area contributed by atoms with Crippen LogP contribution in [0.5, 0.6) is 0 Å². The normalized spacial score (nSPS) is 31.7. The van der Waals surface area contributed by atoms with Crippen molar-refractivity contribution in [2.75, 3.05) is 40.8 Å². The van der Waals surface area contributed by atoms with Gasteiger partial charge >= 0.3 is 0 Å². The van der Waals surface area contributed by atoms with E-state index in [1.165, 1.54) is 38.8 Å². The minimum atomic E-state index is 0.430. The van der Waals surface area contributed by atoms with Gasteiger partial charge in [0.2, 0.25) is 0 Å². The van der Waals surface area contributed by atoms with Crippen molar-refractivity contribution in [1.29, 1.82) is 0 Å². The van der Waals surface area contributed by atoms with E-state index in [1.54, 1.807) is 0 Å². The molecule has 2 fully saturated rings. The number of nitrogens with zero attached hydrogens (tertiary/aromatic N) is 2. The molecule has 2 atom stereocenters. The highest BCUT2D eigenvalue weighted by atomic mass is 15.2. The fourth-order valence-corrected chi connectivity index (χ4v) is 3.95. The standard InChI is InChI=1S/C13H27N3/c1-15(2)12(11-5-8-16(3)9-11)13(10-14)6-4-7-13/h11-12H,4-10,14H2,1-3H3. The maximum Gasteiger partial charge on any atom is 0.0199 e. The molecule has 0 radical (unpaired) electrons. The van der Waals surface area contributed by atoms with Crippen molar-refractivity contribution in [3.63, 3.8) is 0 Å².